The van der Waals surface area contributed by atoms with Gasteiger partial charge in [0.25, 0.3) is 0 Å². The van der Waals surface area contributed by atoms with Crippen molar-refractivity contribution in [2.24, 2.45) is 0 Å². The molecule has 0 fully saturated rings. The number of rotatable bonds is 0. The topological polar surface area (TPSA) is 18.5 Å². The Balaban J connectivity index is 2.00. The van der Waals surface area contributed by atoms with Crippen LogP contribution in [0.1, 0.15) is 0 Å². The number of hydrogen-bond acceptors (Lipinski definition) is 2. The molecule has 0 amide bonds. The molecule has 0 N–H and O–H groups in total. The first-order valence-corrected chi connectivity index (χ1v) is 6.83. The molecule has 0 saturated carbocycles. The van der Waals surface area contributed by atoms with Gasteiger partial charge in [0, 0.05) is 0 Å². The van der Waals surface area contributed by atoms with Gasteiger partial charge < -0.3 is 0 Å². The average Bonchev–Trinajstić information content (AvgIpc) is 2.47. The van der Waals surface area contributed by atoms with Crippen LogP contribution in [0, 0.1) is 0 Å². The van der Waals surface area contributed by atoms with Gasteiger partial charge in [-0.25, -0.2) is 0 Å². The van der Waals surface area contributed by atoms with Gasteiger partial charge in [-0.1, -0.05) is 0 Å². The fraction of sp³-hybridized carbons (Fsp3) is 0. The molecule has 0 saturated heterocycles. The molecule has 2 aliphatic heterocycles. The Morgan fingerprint density at radius 3 is 2.26 bits per heavy atom. The second-order valence-corrected chi connectivity index (χ2v) is 5.24. The van der Waals surface area contributed by atoms with Crippen LogP contribution in [0.15, 0.2) is 60.3 Å². The van der Waals surface area contributed by atoms with E-state index in [0.717, 1.165) is 21.4 Å². The molecule has 0 unspecified atom stereocenters. The van der Waals surface area contributed by atoms with E-state index in [4.69, 9.17) is 9.47 Å². The normalized spacial score (nSPS) is 15.4. The van der Waals surface area contributed by atoms with Gasteiger partial charge in [0.1, 0.15) is 0 Å². The second-order valence-electron chi connectivity index (χ2n) is 4.61. The summed E-state index contributed by atoms with van der Waals surface area (Å²) in [6, 6.07) is 16.3. The van der Waals surface area contributed by atoms with Crippen LogP contribution in [0.5, 0.6) is 11.5 Å². The molecule has 0 spiro atoms. The summed E-state index contributed by atoms with van der Waals surface area (Å²) in [5.41, 5.74) is 3.47. The molecule has 19 heavy (non-hydrogen) atoms. The van der Waals surface area contributed by atoms with Crippen LogP contribution in [-0.2, 0) is 17.0 Å². The van der Waals surface area contributed by atoms with Gasteiger partial charge in [0.05, 0.1) is 0 Å². The Bertz CT molecular complexity index is 724. The molecule has 4 heteroatoms. The number of fused-ring (bicyclic) bond motifs is 5. The third-order valence-corrected chi connectivity index (χ3v) is 4.08. The van der Waals surface area contributed by atoms with Gasteiger partial charge in [0.15, 0.2) is 0 Å². The predicted molar refractivity (Wildman–Crippen MR) is 72.3 cm³/mol. The molecule has 0 radical (unpaired) electrons. The Morgan fingerprint density at radius 1 is 0.842 bits per heavy atom. The first-order valence-electron chi connectivity index (χ1n) is 6.13. The minimum absolute atomic E-state index is 0.202. The van der Waals surface area contributed by atoms with E-state index in [2.05, 4.69) is 29.1 Å². The molecule has 0 atom stereocenters. The third kappa shape index (κ3) is 1.62. The van der Waals surface area contributed by atoms with Crippen molar-refractivity contribution >= 4 is 22.1 Å². The molecule has 2 heterocycles. The number of benzene rings is 2. The average molecular weight is 283 g/mol. The van der Waals surface area contributed by atoms with Crippen LogP contribution >= 0.6 is 0 Å². The molecule has 0 bridgehead atoms. The van der Waals surface area contributed by atoms with Crippen molar-refractivity contribution in [3.8, 4) is 11.5 Å². The number of para-hydroxylation sites is 2. The van der Waals surface area contributed by atoms with Crippen LogP contribution in [-0.4, -0.2) is 11.1 Å². The van der Waals surface area contributed by atoms with E-state index in [1.807, 2.05) is 36.4 Å². The summed E-state index contributed by atoms with van der Waals surface area (Å²) in [5, 5.41) is 0. The van der Waals surface area contributed by atoms with Gasteiger partial charge in [-0.2, -0.15) is 0 Å². The Hall–Kier alpha value is -1.70. The summed E-state index contributed by atoms with van der Waals surface area (Å²) in [6.45, 7) is 0.202. The Kier molecular flexibility index (Phi) is 2.44. The molecular weight excluding hydrogens is 274 g/mol. The quantitative estimate of drug-likeness (QED) is 0.676. The summed E-state index contributed by atoms with van der Waals surface area (Å²) in [6.07, 6.45) is 1.80. The van der Waals surface area contributed by atoms with E-state index in [0.29, 0.717) is 0 Å². The fourth-order valence-electron chi connectivity index (χ4n) is 2.67. The van der Waals surface area contributed by atoms with Crippen LogP contribution < -0.4 is 20.4 Å². The van der Waals surface area contributed by atoms with Gasteiger partial charge in [0.2, 0.25) is 0 Å². The van der Waals surface area contributed by atoms with Crippen molar-refractivity contribution in [1.29, 1.82) is 0 Å². The molecule has 2 nitrogen and oxygen atoms in total. The molecule has 89 valence electrons. The summed E-state index contributed by atoms with van der Waals surface area (Å²) < 4.78 is 12.4. The van der Waals surface area contributed by atoms with Gasteiger partial charge >= 0.3 is 120 Å². The third-order valence-electron chi connectivity index (χ3n) is 3.54. The van der Waals surface area contributed by atoms with E-state index in [9.17, 15) is 0 Å². The zero-order valence-electron chi connectivity index (χ0n) is 10.0. The van der Waals surface area contributed by atoms with Crippen LogP contribution in [0.2, 0.25) is 0 Å². The van der Waals surface area contributed by atoms with Crippen molar-refractivity contribution in [2.75, 3.05) is 0 Å². The molecule has 4 rings (SSSR count). The standard InChI is InChI=1S/C15H9BO2.V/c1-3-7-14-12(5-1)16-11(9-17-14)10-18-15-8-4-2-6-13(15)16;/h1-9H;. The zero-order valence-corrected chi connectivity index (χ0v) is 11.4. The summed E-state index contributed by atoms with van der Waals surface area (Å²) >= 11 is 2.49. The van der Waals surface area contributed by atoms with E-state index in [1.54, 1.807) is 6.26 Å². The summed E-state index contributed by atoms with van der Waals surface area (Å²) in [7, 11) is 0. The predicted octanol–water partition coefficient (Wildman–Crippen LogP) is 1.18. The SMILES string of the molecule is [V]=[C]1Oc2ccccc2B2C1=COc1ccccc12. The van der Waals surface area contributed by atoms with Crippen LogP contribution in [0.4, 0.5) is 0 Å². The van der Waals surface area contributed by atoms with Gasteiger partial charge in [-0.05, 0) is 0 Å². The molecule has 0 aliphatic carbocycles. The fourth-order valence-corrected chi connectivity index (χ4v) is 3.11. The van der Waals surface area contributed by atoms with Gasteiger partial charge in [-0.15, -0.1) is 0 Å². The minimum atomic E-state index is 0.202. The van der Waals surface area contributed by atoms with E-state index in [1.165, 1.54) is 10.9 Å². The van der Waals surface area contributed by atoms with E-state index < -0.39 is 0 Å². The Morgan fingerprint density at radius 2 is 1.47 bits per heavy atom. The number of ether oxygens (including phenoxy) is 2. The zero-order chi connectivity index (χ0) is 12.8. The molecule has 2 aliphatic rings. The molecule has 0 aromatic heterocycles. The van der Waals surface area contributed by atoms with Crippen molar-refractivity contribution < 1.29 is 26.5 Å². The summed E-state index contributed by atoms with van der Waals surface area (Å²) in [4.78, 5) is 0. The molecule has 2 aromatic carbocycles. The van der Waals surface area contributed by atoms with E-state index in [-0.39, 0.29) is 6.71 Å². The molecular formula is C15H9BO2V. The number of hydrogen-bond donors (Lipinski definition) is 0. The van der Waals surface area contributed by atoms with Crippen molar-refractivity contribution in [3.05, 3.63) is 60.3 Å². The summed E-state index contributed by atoms with van der Waals surface area (Å²) in [5.74, 6) is 1.85. The van der Waals surface area contributed by atoms with Crippen molar-refractivity contribution in [2.45, 2.75) is 0 Å². The van der Waals surface area contributed by atoms with Crippen molar-refractivity contribution in [1.82, 2.24) is 0 Å². The van der Waals surface area contributed by atoms with E-state index >= 15 is 0 Å². The first-order chi connectivity index (χ1) is 9.34. The Labute approximate surface area is 120 Å². The maximum atomic E-state index is 5.86. The van der Waals surface area contributed by atoms with Crippen LogP contribution in [0.3, 0.4) is 0 Å². The van der Waals surface area contributed by atoms with Crippen molar-refractivity contribution in [3.63, 3.8) is 0 Å². The maximum absolute atomic E-state index is 5.86. The molecule has 2 aromatic rings. The van der Waals surface area contributed by atoms with Gasteiger partial charge in [-0.3, -0.25) is 0 Å². The van der Waals surface area contributed by atoms with Crippen LogP contribution in [0.25, 0.3) is 0 Å². The monoisotopic (exact) mass is 283 g/mol. The second kappa shape index (κ2) is 4.16. The first kappa shape index (κ1) is 11.2.